The highest BCUT2D eigenvalue weighted by Gasteiger charge is 2.30. The predicted octanol–water partition coefficient (Wildman–Crippen LogP) is 6.57. The van der Waals surface area contributed by atoms with E-state index in [1.165, 1.54) is 12.1 Å². The zero-order chi connectivity index (χ0) is 21.4. The molecule has 2 heterocycles. The SMILES string of the molecule is FC(F)(F)c1ccc(-c2nc(C#Cc3cccc4ccccc34)c3ccccn23)cc1. The second-order valence-electron chi connectivity index (χ2n) is 7.09. The van der Waals surface area contributed by atoms with Gasteiger partial charge < -0.3 is 0 Å². The molecule has 2 aromatic heterocycles. The third-order valence-electron chi connectivity index (χ3n) is 5.12. The van der Waals surface area contributed by atoms with Crippen LogP contribution in [0, 0.1) is 11.8 Å². The summed E-state index contributed by atoms with van der Waals surface area (Å²) in [6.45, 7) is 0. The lowest BCUT2D eigenvalue weighted by molar-refractivity contribution is -0.137. The number of benzene rings is 3. The Kier molecular flexibility index (Phi) is 4.48. The van der Waals surface area contributed by atoms with Crippen molar-refractivity contribution in [2.45, 2.75) is 6.18 Å². The van der Waals surface area contributed by atoms with Gasteiger partial charge >= 0.3 is 6.18 Å². The minimum atomic E-state index is -4.37. The Hall–Kier alpha value is -4.04. The summed E-state index contributed by atoms with van der Waals surface area (Å²) in [5.41, 5.74) is 2.17. The molecule has 0 radical (unpaired) electrons. The molecular weight excluding hydrogens is 397 g/mol. The van der Waals surface area contributed by atoms with Crippen molar-refractivity contribution in [3.05, 3.63) is 108 Å². The lowest BCUT2D eigenvalue weighted by Gasteiger charge is -2.07. The van der Waals surface area contributed by atoms with Crippen molar-refractivity contribution in [2.24, 2.45) is 0 Å². The highest BCUT2D eigenvalue weighted by molar-refractivity contribution is 5.88. The molecular formula is C26H15F3N2. The fourth-order valence-corrected chi connectivity index (χ4v) is 3.60. The van der Waals surface area contributed by atoms with Crippen LogP contribution in [-0.2, 0) is 6.18 Å². The number of nitrogens with zero attached hydrogens (tertiary/aromatic N) is 2. The number of halogens is 3. The van der Waals surface area contributed by atoms with E-state index in [-0.39, 0.29) is 0 Å². The molecule has 150 valence electrons. The van der Waals surface area contributed by atoms with Gasteiger partial charge in [-0.2, -0.15) is 13.2 Å². The Morgan fingerprint density at radius 2 is 1.48 bits per heavy atom. The third kappa shape index (κ3) is 3.53. The molecule has 0 atom stereocenters. The molecule has 5 rings (SSSR count). The molecule has 31 heavy (non-hydrogen) atoms. The molecule has 0 fully saturated rings. The summed E-state index contributed by atoms with van der Waals surface area (Å²) in [4.78, 5) is 4.65. The molecule has 0 bridgehead atoms. The maximum atomic E-state index is 12.9. The smallest absolute Gasteiger partial charge is 0.298 e. The van der Waals surface area contributed by atoms with E-state index in [2.05, 4.69) is 16.8 Å². The molecule has 3 aromatic carbocycles. The predicted molar refractivity (Wildman–Crippen MR) is 116 cm³/mol. The monoisotopic (exact) mass is 412 g/mol. The van der Waals surface area contributed by atoms with Crippen LogP contribution in [0.1, 0.15) is 16.8 Å². The molecule has 0 saturated carbocycles. The molecule has 5 heteroatoms. The number of hydrogen-bond acceptors (Lipinski definition) is 1. The molecule has 5 aromatic rings. The Balaban J connectivity index is 1.62. The quantitative estimate of drug-likeness (QED) is 0.285. The van der Waals surface area contributed by atoms with Crippen LogP contribution >= 0.6 is 0 Å². The zero-order valence-corrected chi connectivity index (χ0v) is 16.2. The average Bonchev–Trinajstić information content (AvgIpc) is 3.16. The van der Waals surface area contributed by atoms with Crippen LogP contribution in [0.15, 0.2) is 91.1 Å². The third-order valence-corrected chi connectivity index (χ3v) is 5.12. The molecule has 0 spiro atoms. The van der Waals surface area contributed by atoms with Crippen LogP contribution in [0.5, 0.6) is 0 Å². The Morgan fingerprint density at radius 3 is 2.29 bits per heavy atom. The lowest BCUT2D eigenvalue weighted by atomic mass is 10.1. The second-order valence-corrected chi connectivity index (χ2v) is 7.09. The standard InChI is InChI=1S/C26H15F3N2/c27-26(28,29)21-14-11-20(12-15-21)25-30-23(24-10-3-4-17-31(24)25)16-13-19-8-5-7-18-6-1-2-9-22(18)19/h1-12,14-15,17H. The van der Waals surface area contributed by atoms with Gasteiger partial charge in [0.25, 0.3) is 0 Å². The summed E-state index contributed by atoms with van der Waals surface area (Å²) in [5, 5.41) is 2.17. The Bertz CT molecular complexity index is 1460. The maximum absolute atomic E-state index is 12.9. The molecule has 0 saturated heterocycles. The average molecular weight is 412 g/mol. The fraction of sp³-hybridized carbons (Fsp3) is 0.0385. The van der Waals surface area contributed by atoms with E-state index in [1.807, 2.05) is 71.3 Å². The molecule has 0 aliphatic heterocycles. The molecule has 0 aliphatic rings. The first-order chi connectivity index (χ1) is 15.0. The summed E-state index contributed by atoms with van der Waals surface area (Å²) in [7, 11) is 0. The molecule has 0 amide bonds. The summed E-state index contributed by atoms with van der Waals surface area (Å²) in [5.74, 6) is 6.92. The number of alkyl halides is 3. The van der Waals surface area contributed by atoms with E-state index >= 15 is 0 Å². The molecule has 2 nitrogen and oxygen atoms in total. The van der Waals surface area contributed by atoms with Gasteiger partial charge in [0.05, 0.1) is 11.1 Å². The Labute approximate surface area is 176 Å². The van der Waals surface area contributed by atoms with Gasteiger partial charge in [0.1, 0.15) is 11.5 Å². The second kappa shape index (κ2) is 7.33. The van der Waals surface area contributed by atoms with Crippen molar-refractivity contribution in [1.29, 1.82) is 0 Å². The zero-order valence-electron chi connectivity index (χ0n) is 16.2. The van der Waals surface area contributed by atoms with Gasteiger partial charge in [0.15, 0.2) is 0 Å². The van der Waals surface area contributed by atoms with E-state index in [1.54, 1.807) is 0 Å². The number of aromatic nitrogens is 2. The van der Waals surface area contributed by atoms with E-state index in [4.69, 9.17) is 0 Å². The maximum Gasteiger partial charge on any atom is 0.416 e. The number of pyridine rings is 1. The van der Waals surface area contributed by atoms with E-state index < -0.39 is 11.7 Å². The number of fused-ring (bicyclic) bond motifs is 2. The fourth-order valence-electron chi connectivity index (χ4n) is 3.60. The van der Waals surface area contributed by atoms with Crippen molar-refractivity contribution in [2.75, 3.05) is 0 Å². The largest absolute Gasteiger partial charge is 0.416 e. The van der Waals surface area contributed by atoms with Gasteiger partial charge in [-0.3, -0.25) is 4.40 Å². The summed E-state index contributed by atoms with van der Waals surface area (Å²) < 4.78 is 40.6. The summed E-state index contributed by atoms with van der Waals surface area (Å²) >= 11 is 0. The van der Waals surface area contributed by atoms with Crippen molar-refractivity contribution < 1.29 is 13.2 Å². The number of hydrogen-bond donors (Lipinski definition) is 0. The molecule has 0 unspecified atom stereocenters. The van der Waals surface area contributed by atoms with Crippen molar-refractivity contribution in [1.82, 2.24) is 9.38 Å². The van der Waals surface area contributed by atoms with Crippen molar-refractivity contribution in [3.63, 3.8) is 0 Å². The molecule has 0 N–H and O–H groups in total. The lowest BCUT2D eigenvalue weighted by Crippen LogP contribution is -2.04. The minimum absolute atomic E-state index is 0.548. The van der Waals surface area contributed by atoms with Crippen molar-refractivity contribution in [3.8, 4) is 23.2 Å². The van der Waals surface area contributed by atoms with Crippen LogP contribution in [0.25, 0.3) is 27.7 Å². The van der Waals surface area contributed by atoms with E-state index in [9.17, 15) is 13.2 Å². The van der Waals surface area contributed by atoms with Gasteiger partial charge in [-0.1, -0.05) is 60.5 Å². The van der Waals surface area contributed by atoms with Crippen molar-refractivity contribution >= 4 is 16.3 Å². The summed E-state index contributed by atoms with van der Waals surface area (Å²) in [6.07, 6.45) is -2.54. The first-order valence-corrected chi connectivity index (χ1v) is 9.65. The van der Waals surface area contributed by atoms with Crippen LogP contribution in [0.2, 0.25) is 0 Å². The van der Waals surface area contributed by atoms with Crippen LogP contribution in [0.4, 0.5) is 13.2 Å². The van der Waals surface area contributed by atoms with Gasteiger partial charge in [0.2, 0.25) is 0 Å². The van der Waals surface area contributed by atoms with Crippen LogP contribution in [-0.4, -0.2) is 9.38 Å². The highest BCUT2D eigenvalue weighted by Crippen LogP contribution is 2.31. The number of rotatable bonds is 1. The van der Waals surface area contributed by atoms with Gasteiger partial charge in [-0.05, 0) is 47.0 Å². The molecule has 0 aliphatic carbocycles. The Morgan fingerprint density at radius 1 is 0.742 bits per heavy atom. The van der Waals surface area contributed by atoms with Crippen LogP contribution < -0.4 is 0 Å². The highest BCUT2D eigenvalue weighted by atomic mass is 19.4. The van der Waals surface area contributed by atoms with Gasteiger partial charge in [0, 0.05) is 17.3 Å². The van der Waals surface area contributed by atoms with E-state index in [0.29, 0.717) is 17.1 Å². The van der Waals surface area contributed by atoms with E-state index in [0.717, 1.165) is 34.0 Å². The summed E-state index contributed by atoms with van der Waals surface area (Å²) in [6, 6.07) is 24.6. The first-order valence-electron chi connectivity index (χ1n) is 9.65. The van der Waals surface area contributed by atoms with Crippen LogP contribution in [0.3, 0.4) is 0 Å². The first kappa shape index (κ1) is 19.0. The van der Waals surface area contributed by atoms with Gasteiger partial charge in [-0.15, -0.1) is 0 Å². The van der Waals surface area contributed by atoms with Gasteiger partial charge in [-0.25, -0.2) is 4.98 Å². The topological polar surface area (TPSA) is 17.3 Å². The normalized spacial score (nSPS) is 11.5. The minimum Gasteiger partial charge on any atom is -0.298 e. The number of imidazole rings is 1.